The minimum Gasteiger partial charge on any atom is -0.331 e. The summed E-state index contributed by atoms with van der Waals surface area (Å²) in [6.07, 6.45) is 5.21. The van der Waals surface area contributed by atoms with Crippen LogP contribution in [-0.2, 0) is 6.42 Å². The highest BCUT2D eigenvalue weighted by Crippen LogP contribution is 2.19. The van der Waals surface area contributed by atoms with E-state index in [4.69, 9.17) is 0 Å². The van der Waals surface area contributed by atoms with E-state index in [0.29, 0.717) is 29.9 Å². The highest BCUT2D eigenvalue weighted by atomic mass is 16.2. The minimum atomic E-state index is -0.382. The van der Waals surface area contributed by atoms with E-state index in [9.17, 15) is 14.4 Å². The molecular formula is C30H39N3O3. The number of H-pyrrole nitrogens is 1. The van der Waals surface area contributed by atoms with E-state index in [-0.39, 0.29) is 35.3 Å². The van der Waals surface area contributed by atoms with Gasteiger partial charge in [0.05, 0.1) is 17.9 Å². The maximum absolute atomic E-state index is 13.5. The average Bonchev–Trinajstić information content (AvgIpc) is 3.22. The van der Waals surface area contributed by atoms with E-state index >= 15 is 0 Å². The SMILES string of the molecule is CCCCCc1ccc(C(=O)N(CCC)CC(=O)c2c(C(C)C)[nH]n(-c3ccc(C)cc3)c2=O)cc1. The fraction of sp³-hybridized carbons (Fsp3) is 0.433. The number of rotatable bonds is 12. The van der Waals surface area contributed by atoms with Crippen LogP contribution in [0.25, 0.3) is 5.69 Å². The van der Waals surface area contributed by atoms with Crippen molar-refractivity contribution in [1.82, 2.24) is 14.7 Å². The zero-order valence-electron chi connectivity index (χ0n) is 22.3. The summed E-state index contributed by atoms with van der Waals surface area (Å²) in [6, 6.07) is 15.2. The maximum atomic E-state index is 13.5. The van der Waals surface area contributed by atoms with Crippen molar-refractivity contribution < 1.29 is 9.59 Å². The molecule has 0 saturated carbocycles. The van der Waals surface area contributed by atoms with Crippen LogP contribution in [0.1, 0.15) is 96.8 Å². The molecule has 0 atom stereocenters. The normalized spacial score (nSPS) is 11.2. The van der Waals surface area contributed by atoms with Gasteiger partial charge in [-0.3, -0.25) is 19.5 Å². The van der Waals surface area contributed by atoms with Gasteiger partial charge >= 0.3 is 0 Å². The Morgan fingerprint density at radius 3 is 2.19 bits per heavy atom. The summed E-state index contributed by atoms with van der Waals surface area (Å²) < 4.78 is 1.42. The maximum Gasteiger partial charge on any atom is 0.282 e. The molecule has 0 radical (unpaired) electrons. The van der Waals surface area contributed by atoms with Crippen LogP contribution in [0.2, 0.25) is 0 Å². The standard InChI is InChI=1S/C30H39N3O3/c1-6-8-9-10-23-13-15-24(16-14-23)29(35)32(19-7-2)20-26(34)27-28(21(3)4)31-33(30(27)36)25-17-11-22(5)12-18-25/h11-18,21,31H,6-10,19-20H2,1-5H3. The first kappa shape index (κ1) is 27.2. The summed E-state index contributed by atoms with van der Waals surface area (Å²) in [4.78, 5) is 41.7. The Morgan fingerprint density at radius 1 is 0.944 bits per heavy atom. The van der Waals surface area contributed by atoms with Gasteiger partial charge < -0.3 is 4.90 Å². The molecule has 0 aliphatic rings. The summed E-state index contributed by atoms with van der Waals surface area (Å²) in [5.74, 6) is -0.589. The lowest BCUT2D eigenvalue weighted by Crippen LogP contribution is -2.38. The molecule has 0 spiro atoms. The van der Waals surface area contributed by atoms with Crippen molar-refractivity contribution in [2.45, 2.75) is 72.6 Å². The van der Waals surface area contributed by atoms with Crippen LogP contribution in [0.4, 0.5) is 0 Å². The molecule has 0 fully saturated rings. The quantitative estimate of drug-likeness (QED) is 0.248. The van der Waals surface area contributed by atoms with Gasteiger partial charge in [0.15, 0.2) is 5.78 Å². The van der Waals surface area contributed by atoms with E-state index < -0.39 is 0 Å². The number of aromatic amines is 1. The molecule has 3 rings (SSSR count). The fourth-order valence-corrected chi connectivity index (χ4v) is 4.37. The van der Waals surface area contributed by atoms with Gasteiger partial charge in [-0.2, -0.15) is 0 Å². The monoisotopic (exact) mass is 489 g/mol. The van der Waals surface area contributed by atoms with Crippen molar-refractivity contribution in [2.24, 2.45) is 0 Å². The molecule has 36 heavy (non-hydrogen) atoms. The zero-order valence-corrected chi connectivity index (χ0v) is 22.3. The first-order valence-electron chi connectivity index (χ1n) is 13.1. The number of nitrogens with one attached hydrogen (secondary N) is 1. The summed E-state index contributed by atoms with van der Waals surface area (Å²) in [6.45, 7) is 10.3. The predicted molar refractivity (Wildman–Crippen MR) is 145 cm³/mol. The number of carbonyl (C=O) groups excluding carboxylic acids is 2. The molecule has 1 amide bonds. The lowest BCUT2D eigenvalue weighted by molar-refractivity contribution is 0.0709. The number of hydrogen-bond acceptors (Lipinski definition) is 3. The number of Topliss-reactive ketones (excluding diaryl/α,β-unsaturated/α-hetero) is 1. The molecule has 6 nitrogen and oxygen atoms in total. The third-order valence-corrected chi connectivity index (χ3v) is 6.45. The summed E-state index contributed by atoms with van der Waals surface area (Å²) >= 11 is 0. The Hall–Kier alpha value is -3.41. The molecule has 0 unspecified atom stereocenters. The molecule has 2 aromatic carbocycles. The molecule has 1 aromatic heterocycles. The van der Waals surface area contributed by atoms with E-state index in [2.05, 4.69) is 12.0 Å². The highest BCUT2D eigenvalue weighted by Gasteiger charge is 2.27. The molecular weight excluding hydrogens is 450 g/mol. The second kappa shape index (κ2) is 12.5. The van der Waals surface area contributed by atoms with Crippen molar-refractivity contribution in [3.05, 3.63) is 86.8 Å². The van der Waals surface area contributed by atoms with Crippen LogP contribution < -0.4 is 5.56 Å². The van der Waals surface area contributed by atoms with Gasteiger partial charge in [0.1, 0.15) is 5.56 Å². The number of aryl methyl sites for hydroxylation is 2. The van der Waals surface area contributed by atoms with Crippen LogP contribution in [0.3, 0.4) is 0 Å². The number of amides is 1. The molecule has 1 heterocycles. The third kappa shape index (κ3) is 6.42. The smallest absolute Gasteiger partial charge is 0.282 e. The van der Waals surface area contributed by atoms with Crippen LogP contribution in [-0.4, -0.2) is 39.5 Å². The Kier molecular flexibility index (Phi) is 9.45. The van der Waals surface area contributed by atoms with Crippen molar-refractivity contribution >= 4 is 11.7 Å². The van der Waals surface area contributed by atoms with E-state index in [1.165, 1.54) is 23.1 Å². The van der Waals surface area contributed by atoms with Gasteiger partial charge in [0.2, 0.25) is 0 Å². The zero-order chi connectivity index (χ0) is 26.2. The Balaban J connectivity index is 1.85. The molecule has 3 aromatic rings. The molecule has 0 aliphatic heterocycles. The molecule has 1 N–H and O–H groups in total. The number of carbonyl (C=O) groups is 2. The van der Waals surface area contributed by atoms with Gasteiger partial charge in [0.25, 0.3) is 11.5 Å². The number of hydrogen-bond donors (Lipinski definition) is 1. The third-order valence-electron chi connectivity index (χ3n) is 6.45. The van der Waals surface area contributed by atoms with Gasteiger partial charge in [-0.05, 0) is 61.9 Å². The Morgan fingerprint density at radius 2 is 1.61 bits per heavy atom. The van der Waals surface area contributed by atoms with E-state index in [1.807, 2.05) is 76.2 Å². The van der Waals surface area contributed by atoms with Crippen molar-refractivity contribution in [2.75, 3.05) is 13.1 Å². The predicted octanol–water partition coefficient (Wildman–Crippen LogP) is 6.07. The van der Waals surface area contributed by atoms with Crippen molar-refractivity contribution in [1.29, 1.82) is 0 Å². The second-order valence-electron chi connectivity index (χ2n) is 9.84. The fourth-order valence-electron chi connectivity index (χ4n) is 4.37. The number of benzene rings is 2. The number of nitrogens with zero attached hydrogens (tertiary/aromatic N) is 2. The average molecular weight is 490 g/mol. The van der Waals surface area contributed by atoms with Crippen molar-refractivity contribution in [3.63, 3.8) is 0 Å². The number of unbranched alkanes of at least 4 members (excludes halogenated alkanes) is 2. The first-order chi connectivity index (χ1) is 17.3. The number of aromatic nitrogens is 2. The number of ketones is 1. The lowest BCUT2D eigenvalue weighted by Gasteiger charge is -2.21. The summed E-state index contributed by atoms with van der Waals surface area (Å²) in [5.41, 5.74) is 3.87. The first-order valence-corrected chi connectivity index (χ1v) is 13.1. The van der Waals surface area contributed by atoms with Gasteiger partial charge in [0, 0.05) is 12.1 Å². The highest BCUT2D eigenvalue weighted by molar-refractivity contribution is 6.02. The molecule has 0 aliphatic carbocycles. The minimum absolute atomic E-state index is 0.0565. The molecule has 192 valence electrons. The summed E-state index contributed by atoms with van der Waals surface area (Å²) in [5, 5.41) is 3.14. The van der Waals surface area contributed by atoms with Gasteiger partial charge in [-0.25, -0.2) is 4.68 Å². The van der Waals surface area contributed by atoms with Crippen molar-refractivity contribution in [3.8, 4) is 5.69 Å². The van der Waals surface area contributed by atoms with Crippen LogP contribution in [0, 0.1) is 6.92 Å². The van der Waals surface area contributed by atoms with E-state index in [1.54, 1.807) is 4.90 Å². The van der Waals surface area contributed by atoms with E-state index in [0.717, 1.165) is 18.4 Å². The van der Waals surface area contributed by atoms with Gasteiger partial charge in [-0.15, -0.1) is 0 Å². The second-order valence-corrected chi connectivity index (χ2v) is 9.84. The van der Waals surface area contributed by atoms with Crippen LogP contribution in [0.5, 0.6) is 0 Å². The lowest BCUT2D eigenvalue weighted by atomic mass is 10.0. The topological polar surface area (TPSA) is 75.2 Å². The van der Waals surface area contributed by atoms with Crippen LogP contribution >= 0.6 is 0 Å². The molecule has 0 saturated heterocycles. The summed E-state index contributed by atoms with van der Waals surface area (Å²) in [7, 11) is 0. The molecule has 6 heteroatoms. The van der Waals surface area contributed by atoms with Gasteiger partial charge in [-0.1, -0.05) is 70.4 Å². The Bertz CT molecular complexity index is 1220. The Labute approximate surface area is 214 Å². The largest absolute Gasteiger partial charge is 0.331 e. The van der Waals surface area contributed by atoms with Crippen LogP contribution in [0.15, 0.2) is 53.3 Å². The molecule has 0 bridgehead atoms.